The molecule has 1 unspecified atom stereocenters. The maximum atomic E-state index is 12.9. The van der Waals surface area contributed by atoms with E-state index in [0.29, 0.717) is 23.5 Å². The van der Waals surface area contributed by atoms with E-state index in [1.165, 1.54) is 0 Å². The Balaban J connectivity index is 2.37. The molecule has 136 valence electrons. The fourth-order valence-corrected chi connectivity index (χ4v) is 3.21. The van der Waals surface area contributed by atoms with Gasteiger partial charge in [-0.05, 0) is 38.2 Å². The van der Waals surface area contributed by atoms with Gasteiger partial charge in [0.15, 0.2) is 11.6 Å². The number of nitrogens with one attached hydrogen (secondary N) is 1. The zero-order chi connectivity index (χ0) is 18.6. The van der Waals surface area contributed by atoms with Gasteiger partial charge in [0.05, 0.1) is 11.8 Å². The molecule has 0 saturated heterocycles. The average Bonchev–Trinajstić information content (AvgIpc) is 2.53. The lowest BCUT2D eigenvalue weighted by Gasteiger charge is -2.37. The summed E-state index contributed by atoms with van der Waals surface area (Å²) in [5.74, 6) is 0.0838. The highest BCUT2D eigenvalue weighted by Gasteiger charge is 2.47. The van der Waals surface area contributed by atoms with Crippen molar-refractivity contribution in [2.24, 2.45) is 5.92 Å². The number of fused-ring (bicyclic) bond motifs is 1. The molecule has 0 spiro atoms. The van der Waals surface area contributed by atoms with Gasteiger partial charge in [0.1, 0.15) is 6.61 Å². The first-order valence-electron chi connectivity index (χ1n) is 8.85. The molecular formula is C20H27NO4. The molecule has 1 atom stereocenters. The van der Waals surface area contributed by atoms with Crippen LogP contribution in [0.4, 0.5) is 4.79 Å². The highest BCUT2D eigenvalue weighted by molar-refractivity contribution is 6.16. The van der Waals surface area contributed by atoms with E-state index in [1.807, 2.05) is 26.0 Å². The number of hydrogen-bond donors (Lipinski definition) is 1. The lowest BCUT2D eigenvalue weighted by atomic mass is 9.66. The van der Waals surface area contributed by atoms with E-state index in [2.05, 4.69) is 19.2 Å². The minimum absolute atomic E-state index is 0.0403. The molecule has 25 heavy (non-hydrogen) atoms. The second kappa shape index (κ2) is 7.81. The van der Waals surface area contributed by atoms with Crippen LogP contribution >= 0.6 is 0 Å². The summed E-state index contributed by atoms with van der Waals surface area (Å²) in [6.07, 6.45) is 0.692. The van der Waals surface area contributed by atoms with Crippen molar-refractivity contribution in [2.75, 3.05) is 6.61 Å². The number of carbonyl (C=O) groups is 3. The first-order valence-corrected chi connectivity index (χ1v) is 8.85. The number of ketones is 2. The quantitative estimate of drug-likeness (QED) is 0.799. The van der Waals surface area contributed by atoms with Gasteiger partial charge in [-0.2, -0.15) is 0 Å². The molecular weight excluding hydrogens is 318 g/mol. The van der Waals surface area contributed by atoms with Crippen LogP contribution in [-0.2, 0) is 14.9 Å². The summed E-state index contributed by atoms with van der Waals surface area (Å²) in [4.78, 5) is 37.1. The standard InChI is InChI=1S/C20H27NO4/c1-13(2)9-10-20(12-25-19(24)21-14(3)4)16-8-6-5-7-15(16)17(22)11-18(20)23/h5-8,13-14H,9-12H2,1-4H3,(H,21,24). The fourth-order valence-electron chi connectivity index (χ4n) is 3.21. The van der Waals surface area contributed by atoms with Gasteiger partial charge in [-0.25, -0.2) is 4.79 Å². The van der Waals surface area contributed by atoms with Crippen molar-refractivity contribution in [3.63, 3.8) is 0 Å². The van der Waals surface area contributed by atoms with Crippen LogP contribution in [0.15, 0.2) is 24.3 Å². The second-order valence-electron chi connectivity index (χ2n) is 7.46. The van der Waals surface area contributed by atoms with Gasteiger partial charge in [-0.1, -0.05) is 38.1 Å². The van der Waals surface area contributed by atoms with Crippen LogP contribution in [0.1, 0.15) is 62.9 Å². The number of Topliss-reactive ketones (excluding diaryl/α,β-unsaturated/α-hetero) is 2. The highest BCUT2D eigenvalue weighted by Crippen LogP contribution is 2.39. The Morgan fingerprint density at radius 3 is 2.52 bits per heavy atom. The predicted molar refractivity (Wildman–Crippen MR) is 95.8 cm³/mol. The molecule has 0 aromatic heterocycles. The molecule has 0 aliphatic heterocycles. The van der Waals surface area contributed by atoms with Crippen LogP contribution in [0.25, 0.3) is 0 Å². The zero-order valence-electron chi connectivity index (χ0n) is 15.4. The van der Waals surface area contributed by atoms with Crippen molar-refractivity contribution in [1.29, 1.82) is 0 Å². The Morgan fingerprint density at radius 1 is 1.20 bits per heavy atom. The summed E-state index contributed by atoms with van der Waals surface area (Å²) in [6, 6.07) is 7.14. The monoisotopic (exact) mass is 345 g/mol. The molecule has 5 heteroatoms. The number of carbonyl (C=O) groups excluding carboxylic acids is 3. The van der Waals surface area contributed by atoms with Crippen molar-refractivity contribution in [3.05, 3.63) is 35.4 Å². The van der Waals surface area contributed by atoms with Crippen LogP contribution in [0.5, 0.6) is 0 Å². The van der Waals surface area contributed by atoms with E-state index in [1.54, 1.807) is 12.1 Å². The molecule has 1 aromatic rings. The maximum absolute atomic E-state index is 12.9. The topological polar surface area (TPSA) is 72.5 Å². The molecule has 0 bridgehead atoms. The third kappa shape index (κ3) is 4.27. The van der Waals surface area contributed by atoms with Crippen molar-refractivity contribution in [2.45, 2.75) is 58.4 Å². The van der Waals surface area contributed by atoms with Crippen LogP contribution in [0, 0.1) is 5.92 Å². The smallest absolute Gasteiger partial charge is 0.407 e. The van der Waals surface area contributed by atoms with Crippen LogP contribution in [-0.4, -0.2) is 30.3 Å². The van der Waals surface area contributed by atoms with Crippen molar-refractivity contribution >= 4 is 17.7 Å². The molecule has 0 radical (unpaired) electrons. The van der Waals surface area contributed by atoms with Gasteiger partial charge >= 0.3 is 6.09 Å². The molecule has 1 aliphatic carbocycles. The van der Waals surface area contributed by atoms with Crippen LogP contribution in [0.3, 0.4) is 0 Å². The Labute approximate surface area is 149 Å². The van der Waals surface area contributed by atoms with Crippen molar-refractivity contribution in [1.82, 2.24) is 5.32 Å². The summed E-state index contributed by atoms with van der Waals surface area (Å²) in [6.45, 7) is 7.82. The second-order valence-corrected chi connectivity index (χ2v) is 7.46. The molecule has 5 nitrogen and oxygen atoms in total. The highest BCUT2D eigenvalue weighted by atomic mass is 16.5. The summed E-state index contributed by atoms with van der Waals surface area (Å²) in [5, 5.41) is 2.67. The van der Waals surface area contributed by atoms with E-state index in [4.69, 9.17) is 4.74 Å². The van der Waals surface area contributed by atoms with Crippen LogP contribution < -0.4 is 5.32 Å². The molecule has 1 amide bonds. The van der Waals surface area contributed by atoms with Crippen molar-refractivity contribution in [3.8, 4) is 0 Å². The predicted octanol–water partition coefficient (Wildman–Crippen LogP) is 3.65. The number of benzene rings is 1. The van der Waals surface area contributed by atoms with Gasteiger partial charge in [-0.15, -0.1) is 0 Å². The largest absolute Gasteiger partial charge is 0.448 e. The summed E-state index contributed by atoms with van der Waals surface area (Å²) < 4.78 is 5.41. The normalized spacial score (nSPS) is 19.9. The Hall–Kier alpha value is -2.17. The number of ether oxygens (including phenoxy) is 1. The fraction of sp³-hybridized carbons (Fsp3) is 0.550. The number of alkyl carbamates (subject to hydrolysis) is 1. The van der Waals surface area contributed by atoms with Gasteiger partial charge in [-0.3, -0.25) is 9.59 Å². The van der Waals surface area contributed by atoms with E-state index in [0.717, 1.165) is 6.42 Å². The third-order valence-electron chi connectivity index (χ3n) is 4.60. The lowest BCUT2D eigenvalue weighted by molar-refractivity contribution is -0.126. The Kier molecular flexibility index (Phi) is 5.98. The van der Waals surface area contributed by atoms with Crippen molar-refractivity contribution < 1.29 is 19.1 Å². The zero-order valence-corrected chi connectivity index (χ0v) is 15.4. The molecule has 1 aromatic carbocycles. The van der Waals surface area contributed by atoms with E-state index < -0.39 is 11.5 Å². The Morgan fingerprint density at radius 2 is 1.88 bits per heavy atom. The number of hydrogen-bond acceptors (Lipinski definition) is 4. The number of amides is 1. The Bertz CT molecular complexity index is 665. The van der Waals surface area contributed by atoms with Gasteiger partial charge in [0.2, 0.25) is 0 Å². The van der Waals surface area contributed by atoms with Gasteiger partial charge < -0.3 is 10.1 Å². The van der Waals surface area contributed by atoms with E-state index in [-0.39, 0.29) is 30.6 Å². The number of rotatable bonds is 6. The first-order chi connectivity index (χ1) is 11.8. The molecule has 0 fully saturated rings. The molecule has 1 N–H and O–H groups in total. The SMILES string of the molecule is CC(C)CCC1(COC(=O)NC(C)C)C(=O)CC(=O)c2ccccc21. The first kappa shape index (κ1) is 19.2. The summed E-state index contributed by atoms with van der Waals surface area (Å²) in [5.41, 5.74) is 0.316. The van der Waals surface area contributed by atoms with Gasteiger partial charge in [0.25, 0.3) is 0 Å². The molecule has 1 aliphatic rings. The molecule has 0 saturated carbocycles. The van der Waals surface area contributed by atoms with E-state index >= 15 is 0 Å². The minimum Gasteiger partial charge on any atom is -0.448 e. The third-order valence-corrected chi connectivity index (χ3v) is 4.60. The van der Waals surface area contributed by atoms with Gasteiger partial charge in [0, 0.05) is 11.6 Å². The maximum Gasteiger partial charge on any atom is 0.407 e. The van der Waals surface area contributed by atoms with Crippen LogP contribution in [0.2, 0.25) is 0 Å². The molecule has 2 rings (SSSR count). The summed E-state index contributed by atoms with van der Waals surface area (Å²) >= 11 is 0. The minimum atomic E-state index is -0.941. The molecule has 0 heterocycles. The van der Waals surface area contributed by atoms with E-state index in [9.17, 15) is 14.4 Å². The lowest BCUT2D eigenvalue weighted by Crippen LogP contribution is -2.47. The summed E-state index contributed by atoms with van der Waals surface area (Å²) in [7, 11) is 0. The average molecular weight is 345 g/mol.